The smallest absolute Gasteiger partial charge is 0.416 e. The third-order valence-electron chi connectivity index (χ3n) is 6.04. The first-order valence-corrected chi connectivity index (χ1v) is 12.1. The molecule has 39 heavy (non-hydrogen) atoms. The molecule has 0 spiro atoms. The summed E-state index contributed by atoms with van der Waals surface area (Å²) in [4.78, 5) is 26.2. The molecule has 0 aliphatic rings. The number of aromatic nitrogens is 3. The van der Waals surface area contributed by atoms with Crippen molar-refractivity contribution in [3.05, 3.63) is 106 Å². The van der Waals surface area contributed by atoms with E-state index in [0.29, 0.717) is 5.82 Å². The molecule has 0 bridgehead atoms. The van der Waals surface area contributed by atoms with Crippen LogP contribution >= 0.6 is 0 Å². The first-order chi connectivity index (χ1) is 18.4. The fraction of sp³-hybridized carbons (Fsp3) is 0.250. The molecule has 1 atom stereocenters. The molecule has 1 N–H and O–H groups in total. The van der Waals surface area contributed by atoms with Gasteiger partial charge < -0.3 is 10.1 Å². The van der Waals surface area contributed by atoms with E-state index >= 15 is 4.39 Å². The van der Waals surface area contributed by atoms with Gasteiger partial charge in [-0.25, -0.2) is 9.18 Å². The van der Waals surface area contributed by atoms with E-state index in [4.69, 9.17) is 4.74 Å². The molecule has 4 rings (SSSR count). The first-order valence-electron chi connectivity index (χ1n) is 12.1. The van der Waals surface area contributed by atoms with Gasteiger partial charge in [0.2, 0.25) is 0 Å². The predicted octanol–water partition coefficient (Wildman–Crippen LogP) is 6.47. The molecule has 3 aromatic carbocycles. The number of carbonyl (C=O) groups excluding carboxylic acids is 1. The first kappa shape index (κ1) is 27.6. The minimum absolute atomic E-state index is 0.0871. The Morgan fingerprint density at radius 3 is 2.31 bits per heavy atom. The van der Waals surface area contributed by atoms with Crippen molar-refractivity contribution in [1.82, 2.24) is 14.3 Å². The second kappa shape index (κ2) is 10.8. The summed E-state index contributed by atoms with van der Waals surface area (Å²) in [6, 6.07) is 14.9. The van der Waals surface area contributed by atoms with Gasteiger partial charge in [0.05, 0.1) is 11.1 Å². The van der Waals surface area contributed by atoms with Gasteiger partial charge in [-0.3, -0.25) is 9.36 Å². The molecule has 0 fully saturated rings. The van der Waals surface area contributed by atoms with Crippen molar-refractivity contribution in [2.75, 3.05) is 5.32 Å². The van der Waals surface area contributed by atoms with Gasteiger partial charge in [-0.15, -0.1) is 0 Å². The van der Waals surface area contributed by atoms with Crippen LogP contribution < -0.4 is 15.7 Å². The maximum Gasteiger partial charge on any atom is 0.416 e. The number of nitrogens with one attached hydrogen (secondary N) is 1. The van der Waals surface area contributed by atoms with Gasteiger partial charge in [-0.2, -0.15) is 23.0 Å². The van der Waals surface area contributed by atoms with E-state index in [9.17, 15) is 22.8 Å². The summed E-state index contributed by atoms with van der Waals surface area (Å²) in [6.07, 6.45) is -5.21. The molecule has 0 saturated heterocycles. The molecule has 1 aromatic heterocycles. The second-order valence-electron chi connectivity index (χ2n) is 9.21. The third kappa shape index (κ3) is 5.87. The summed E-state index contributed by atoms with van der Waals surface area (Å²) < 4.78 is 63.2. The van der Waals surface area contributed by atoms with E-state index in [1.165, 1.54) is 16.7 Å². The van der Waals surface area contributed by atoms with Crippen LogP contribution in [0.5, 0.6) is 5.75 Å². The lowest BCUT2D eigenvalue weighted by Gasteiger charge is -2.19. The van der Waals surface area contributed by atoms with Gasteiger partial charge in [0.15, 0.2) is 0 Å². The molecule has 4 aromatic rings. The molecule has 1 heterocycles. The molecule has 0 unspecified atom stereocenters. The minimum Gasteiger partial charge on any atom is -0.485 e. The van der Waals surface area contributed by atoms with Crippen molar-refractivity contribution in [2.45, 2.75) is 46.0 Å². The van der Waals surface area contributed by atoms with Crippen LogP contribution in [0.25, 0.3) is 5.69 Å². The number of hydrogen-bond acceptors (Lipinski definition) is 4. The summed E-state index contributed by atoms with van der Waals surface area (Å²) in [5, 5.41) is 6.56. The Balaban J connectivity index is 1.79. The molecule has 0 radical (unpaired) electrons. The largest absolute Gasteiger partial charge is 0.485 e. The average Bonchev–Trinajstić information content (AvgIpc) is 3.18. The van der Waals surface area contributed by atoms with Gasteiger partial charge in [0.25, 0.3) is 5.91 Å². The van der Waals surface area contributed by atoms with Crippen LogP contribution in [-0.4, -0.2) is 20.3 Å². The van der Waals surface area contributed by atoms with Crippen LogP contribution in [-0.2, 0) is 6.18 Å². The highest BCUT2D eigenvalue weighted by Gasteiger charge is 2.31. The number of anilines is 1. The maximum atomic E-state index is 15.4. The van der Waals surface area contributed by atoms with Crippen molar-refractivity contribution in [3.8, 4) is 11.4 Å². The van der Waals surface area contributed by atoms with Gasteiger partial charge in [0, 0.05) is 17.8 Å². The van der Waals surface area contributed by atoms with Crippen LogP contribution in [0.15, 0.2) is 71.5 Å². The molecule has 0 aliphatic heterocycles. The molecular weight excluding hydrogens is 516 g/mol. The van der Waals surface area contributed by atoms with Gasteiger partial charge >= 0.3 is 11.9 Å². The van der Waals surface area contributed by atoms with Crippen molar-refractivity contribution < 1.29 is 27.1 Å². The quantitative estimate of drug-likeness (QED) is 0.272. The topological polar surface area (TPSA) is 78.2 Å². The summed E-state index contributed by atoms with van der Waals surface area (Å²) in [6.45, 7) is 6.90. The molecule has 0 saturated carbocycles. The number of aryl methyl sites for hydroxylation is 1. The van der Waals surface area contributed by atoms with Crippen LogP contribution in [0.2, 0.25) is 0 Å². The lowest BCUT2D eigenvalue weighted by atomic mass is 10.1. The Kier molecular flexibility index (Phi) is 7.62. The number of benzene rings is 3. The van der Waals surface area contributed by atoms with E-state index in [1.54, 1.807) is 52.0 Å². The Bertz CT molecular complexity index is 1560. The zero-order chi connectivity index (χ0) is 28.5. The molecule has 1 amide bonds. The zero-order valence-corrected chi connectivity index (χ0v) is 21.6. The van der Waals surface area contributed by atoms with E-state index in [2.05, 4.69) is 10.4 Å². The van der Waals surface area contributed by atoms with E-state index in [0.717, 1.165) is 34.5 Å². The number of alkyl halides is 3. The number of ether oxygens (including phenoxy) is 1. The predicted molar refractivity (Wildman–Crippen MR) is 138 cm³/mol. The fourth-order valence-corrected chi connectivity index (χ4v) is 4.16. The maximum absolute atomic E-state index is 15.4. The number of rotatable bonds is 7. The number of amides is 1. The number of carbonyl (C=O) groups is 1. The SMILES string of the molecule is Cc1nn(-c2cc(O[C@@H](C)c3ccccc3)c(C(=O)Nc3cccc(C(F)(F)F)c3)cc2F)c(=O)n1C(C)C. The number of hydrogen-bond donors (Lipinski definition) is 1. The molecule has 7 nitrogen and oxygen atoms in total. The molecule has 204 valence electrons. The monoisotopic (exact) mass is 542 g/mol. The summed E-state index contributed by atoms with van der Waals surface area (Å²) >= 11 is 0. The lowest BCUT2D eigenvalue weighted by molar-refractivity contribution is -0.137. The summed E-state index contributed by atoms with van der Waals surface area (Å²) in [5.74, 6) is -1.57. The standard InChI is InChI=1S/C28H26F4N4O3/c1-16(2)35-18(4)34-36(27(35)38)24-15-25(39-17(3)19-9-6-5-7-10-19)22(14-23(24)29)26(37)33-21-12-8-11-20(13-21)28(30,31)32/h5-17H,1-4H3,(H,33,37)/t17-/m0/s1. The highest BCUT2D eigenvalue weighted by atomic mass is 19.4. The van der Waals surface area contributed by atoms with Crippen molar-refractivity contribution in [1.29, 1.82) is 0 Å². The van der Waals surface area contributed by atoms with E-state index in [-0.39, 0.29) is 28.7 Å². The Morgan fingerprint density at radius 2 is 1.69 bits per heavy atom. The Hall–Kier alpha value is -4.41. The Labute approximate surface area is 221 Å². The fourth-order valence-electron chi connectivity index (χ4n) is 4.16. The highest BCUT2D eigenvalue weighted by molar-refractivity contribution is 6.06. The van der Waals surface area contributed by atoms with E-state index in [1.807, 2.05) is 6.07 Å². The zero-order valence-electron chi connectivity index (χ0n) is 21.6. The van der Waals surface area contributed by atoms with Crippen molar-refractivity contribution in [3.63, 3.8) is 0 Å². The Morgan fingerprint density at radius 1 is 1.00 bits per heavy atom. The van der Waals surface area contributed by atoms with Crippen molar-refractivity contribution in [2.24, 2.45) is 0 Å². The van der Waals surface area contributed by atoms with Crippen LogP contribution in [0, 0.1) is 12.7 Å². The van der Waals surface area contributed by atoms with Crippen LogP contribution in [0.1, 0.15) is 60.2 Å². The molecular formula is C28H26F4N4O3. The van der Waals surface area contributed by atoms with Crippen LogP contribution in [0.3, 0.4) is 0 Å². The van der Waals surface area contributed by atoms with Crippen molar-refractivity contribution >= 4 is 11.6 Å². The van der Waals surface area contributed by atoms with Gasteiger partial charge in [-0.05, 0) is 57.5 Å². The summed E-state index contributed by atoms with van der Waals surface area (Å²) in [5.41, 5.74) is -1.43. The average molecular weight is 543 g/mol. The minimum atomic E-state index is -4.61. The second-order valence-corrected chi connectivity index (χ2v) is 9.21. The lowest BCUT2D eigenvalue weighted by Crippen LogP contribution is -2.26. The highest BCUT2D eigenvalue weighted by Crippen LogP contribution is 2.33. The van der Waals surface area contributed by atoms with Gasteiger partial charge in [-0.1, -0.05) is 36.4 Å². The normalized spacial score (nSPS) is 12.4. The van der Waals surface area contributed by atoms with E-state index < -0.39 is 35.3 Å². The third-order valence-corrected chi connectivity index (χ3v) is 6.04. The summed E-state index contributed by atoms with van der Waals surface area (Å²) in [7, 11) is 0. The molecule has 11 heteroatoms. The van der Waals surface area contributed by atoms with Crippen LogP contribution in [0.4, 0.5) is 23.2 Å². The number of halogens is 4. The van der Waals surface area contributed by atoms with Gasteiger partial charge in [0.1, 0.15) is 29.2 Å². The molecule has 0 aliphatic carbocycles. The number of nitrogens with zero attached hydrogens (tertiary/aromatic N) is 3.